The molecule has 2 aromatic rings. The smallest absolute Gasteiger partial charge is 0.120 e. The van der Waals surface area contributed by atoms with Crippen molar-refractivity contribution in [3.05, 3.63) is 58.5 Å². The van der Waals surface area contributed by atoms with E-state index in [-0.39, 0.29) is 6.04 Å². The Bertz CT molecular complexity index is 570. The maximum atomic E-state index is 5.65. The van der Waals surface area contributed by atoms with Crippen LogP contribution in [0, 0.1) is 6.92 Å². The first-order valence-corrected chi connectivity index (χ1v) is 7.13. The van der Waals surface area contributed by atoms with Crippen molar-refractivity contribution >= 4 is 0 Å². The lowest BCUT2D eigenvalue weighted by Gasteiger charge is -2.12. The van der Waals surface area contributed by atoms with Gasteiger partial charge in [0, 0.05) is 6.54 Å². The standard InChI is InChI=1S/C17H21NO/c1-12-6-9-17(19-12)13(2)18-11-14-7-8-15-4-3-5-16(15)10-14/h6-10,13,18H,3-5,11H2,1-2H3. The Labute approximate surface area is 114 Å². The van der Waals surface area contributed by atoms with Crippen LogP contribution in [0.25, 0.3) is 0 Å². The Hall–Kier alpha value is -1.54. The molecule has 3 rings (SSSR count). The number of benzene rings is 1. The topological polar surface area (TPSA) is 25.2 Å². The second-order valence-electron chi connectivity index (χ2n) is 5.51. The van der Waals surface area contributed by atoms with Crippen molar-refractivity contribution in [3.8, 4) is 0 Å². The number of aryl methyl sites for hydroxylation is 3. The van der Waals surface area contributed by atoms with E-state index < -0.39 is 0 Å². The summed E-state index contributed by atoms with van der Waals surface area (Å²) in [5, 5.41) is 3.53. The van der Waals surface area contributed by atoms with Gasteiger partial charge in [0.2, 0.25) is 0 Å². The Morgan fingerprint density at radius 3 is 2.79 bits per heavy atom. The minimum atomic E-state index is 0.252. The van der Waals surface area contributed by atoms with Gasteiger partial charge in [-0.15, -0.1) is 0 Å². The Morgan fingerprint density at radius 2 is 2.00 bits per heavy atom. The summed E-state index contributed by atoms with van der Waals surface area (Å²) < 4.78 is 5.65. The van der Waals surface area contributed by atoms with Crippen molar-refractivity contribution in [3.63, 3.8) is 0 Å². The second kappa shape index (κ2) is 5.22. The van der Waals surface area contributed by atoms with Gasteiger partial charge in [0.1, 0.15) is 11.5 Å². The number of hydrogen-bond acceptors (Lipinski definition) is 2. The highest BCUT2D eigenvalue weighted by molar-refractivity contribution is 5.35. The molecule has 0 radical (unpaired) electrons. The van der Waals surface area contributed by atoms with Crippen molar-refractivity contribution in [2.45, 2.75) is 45.7 Å². The van der Waals surface area contributed by atoms with E-state index in [1.54, 1.807) is 11.1 Å². The van der Waals surface area contributed by atoms with Gasteiger partial charge in [-0.05, 0) is 61.9 Å². The molecule has 2 heteroatoms. The van der Waals surface area contributed by atoms with E-state index in [4.69, 9.17) is 4.42 Å². The predicted octanol–water partition coefficient (Wildman–Crippen LogP) is 3.93. The van der Waals surface area contributed by atoms with E-state index in [1.165, 1.54) is 24.8 Å². The van der Waals surface area contributed by atoms with Gasteiger partial charge in [0.25, 0.3) is 0 Å². The molecule has 0 spiro atoms. The van der Waals surface area contributed by atoms with Crippen LogP contribution in [0.2, 0.25) is 0 Å². The van der Waals surface area contributed by atoms with Crippen molar-refractivity contribution in [1.29, 1.82) is 0 Å². The van der Waals surface area contributed by atoms with Gasteiger partial charge in [-0.25, -0.2) is 0 Å². The summed E-state index contributed by atoms with van der Waals surface area (Å²) >= 11 is 0. The third-order valence-electron chi connectivity index (χ3n) is 3.96. The maximum absolute atomic E-state index is 5.65. The average Bonchev–Trinajstić information content (AvgIpc) is 3.03. The van der Waals surface area contributed by atoms with E-state index in [1.807, 2.05) is 13.0 Å². The van der Waals surface area contributed by atoms with E-state index in [2.05, 4.69) is 36.5 Å². The second-order valence-corrected chi connectivity index (χ2v) is 5.51. The molecular formula is C17H21NO. The molecule has 1 aromatic heterocycles. The monoisotopic (exact) mass is 255 g/mol. The normalized spacial score (nSPS) is 15.5. The SMILES string of the molecule is Cc1ccc(C(C)NCc2ccc3c(c2)CCC3)o1. The zero-order chi connectivity index (χ0) is 13.2. The minimum absolute atomic E-state index is 0.252. The first-order valence-electron chi connectivity index (χ1n) is 7.13. The maximum Gasteiger partial charge on any atom is 0.120 e. The van der Waals surface area contributed by atoms with E-state index >= 15 is 0 Å². The van der Waals surface area contributed by atoms with Gasteiger partial charge in [0.05, 0.1) is 6.04 Å². The van der Waals surface area contributed by atoms with E-state index in [9.17, 15) is 0 Å². The minimum Gasteiger partial charge on any atom is -0.465 e. The predicted molar refractivity (Wildman–Crippen MR) is 77.2 cm³/mol. The molecule has 0 saturated carbocycles. The van der Waals surface area contributed by atoms with Crippen LogP contribution < -0.4 is 5.32 Å². The summed E-state index contributed by atoms with van der Waals surface area (Å²) in [5.74, 6) is 1.99. The van der Waals surface area contributed by atoms with Crippen LogP contribution in [0.5, 0.6) is 0 Å². The number of nitrogens with one attached hydrogen (secondary N) is 1. The van der Waals surface area contributed by atoms with Crippen LogP contribution in [0.3, 0.4) is 0 Å². The van der Waals surface area contributed by atoms with Crippen LogP contribution in [0.1, 0.15) is 47.6 Å². The van der Waals surface area contributed by atoms with Gasteiger partial charge in [-0.3, -0.25) is 0 Å². The average molecular weight is 255 g/mol. The molecule has 1 aromatic carbocycles. The van der Waals surface area contributed by atoms with Crippen molar-refractivity contribution < 1.29 is 4.42 Å². The molecule has 1 unspecified atom stereocenters. The lowest BCUT2D eigenvalue weighted by atomic mass is 10.1. The summed E-state index contributed by atoms with van der Waals surface area (Å²) in [6.45, 7) is 5.02. The van der Waals surface area contributed by atoms with Crippen molar-refractivity contribution in [1.82, 2.24) is 5.32 Å². The zero-order valence-electron chi connectivity index (χ0n) is 11.7. The van der Waals surface area contributed by atoms with Gasteiger partial charge in [-0.1, -0.05) is 18.2 Å². The number of fused-ring (bicyclic) bond motifs is 1. The van der Waals surface area contributed by atoms with Crippen LogP contribution in [-0.2, 0) is 19.4 Å². The van der Waals surface area contributed by atoms with Gasteiger partial charge >= 0.3 is 0 Å². The Balaban J connectivity index is 1.63. The highest BCUT2D eigenvalue weighted by Crippen LogP contribution is 2.23. The molecule has 0 amide bonds. The molecule has 0 bridgehead atoms. The summed E-state index contributed by atoms with van der Waals surface area (Å²) in [4.78, 5) is 0. The highest BCUT2D eigenvalue weighted by atomic mass is 16.3. The van der Waals surface area contributed by atoms with Gasteiger partial charge in [-0.2, -0.15) is 0 Å². The Morgan fingerprint density at radius 1 is 1.16 bits per heavy atom. The summed E-state index contributed by atoms with van der Waals surface area (Å²) in [6.07, 6.45) is 3.81. The molecule has 2 nitrogen and oxygen atoms in total. The fraction of sp³-hybridized carbons (Fsp3) is 0.412. The molecule has 1 heterocycles. The largest absolute Gasteiger partial charge is 0.465 e. The van der Waals surface area contributed by atoms with Gasteiger partial charge < -0.3 is 9.73 Å². The molecule has 1 N–H and O–H groups in total. The van der Waals surface area contributed by atoms with Crippen molar-refractivity contribution in [2.24, 2.45) is 0 Å². The highest BCUT2D eigenvalue weighted by Gasteiger charge is 2.12. The molecule has 1 aliphatic carbocycles. The van der Waals surface area contributed by atoms with E-state index in [0.717, 1.165) is 18.1 Å². The summed E-state index contributed by atoms with van der Waals surface area (Å²) in [6, 6.07) is 11.2. The molecule has 1 atom stereocenters. The zero-order valence-corrected chi connectivity index (χ0v) is 11.7. The number of hydrogen-bond donors (Lipinski definition) is 1. The number of furan rings is 1. The molecule has 100 valence electrons. The molecule has 0 fully saturated rings. The van der Waals surface area contributed by atoms with Crippen LogP contribution in [0.4, 0.5) is 0 Å². The Kier molecular flexibility index (Phi) is 3.43. The molecule has 1 aliphatic rings. The molecule has 19 heavy (non-hydrogen) atoms. The summed E-state index contributed by atoms with van der Waals surface area (Å²) in [5.41, 5.74) is 4.45. The lowest BCUT2D eigenvalue weighted by Crippen LogP contribution is -2.17. The first kappa shape index (κ1) is 12.5. The number of rotatable bonds is 4. The third-order valence-corrected chi connectivity index (χ3v) is 3.96. The quantitative estimate of drug-likeness (QED) is 0.895. The van der Waals surface area contributed by atoms with Crippen LogP contribution in [-0.4, -0.2) is 0 Å². The molecular weight excluding hydrogens is 234 g/mol. The van der Waals surface area contributed by atoms with Crippen LogP contribution >= 0.6 is 0 Å². The fourth-order valence-corrected chi connectivity index (χ4v) is 2.79. The van der Waals surface area contributed by atoms with Crippen molar-refractivity contribution in [2.75, 3.05) is 0 Å². The first-order chi connectivity index (χ1) is 9.22. The van der Waals surface area contributed by atoms with Gasteiger partial charge in [0.15, 0.2) is 0 Å². The molecule has 0 aliphatic heterocycles. The molecule has 0 saturated heterocycles. The third kappa shape index (κ3) is 2.74. The van der Waals surface area contributed by atoms with Crippen LogP contribution in [0.15, 0.2) is 34.7 Å². The van der Waals surface area contributed by atoms with E-state index in [0.29, 0.717) is 0 Å². The lowest BCUT2D eigenvalue weighted by molar-refractivity contribution is 0.416. The fourth-order valence-electron chi connectivity index (χ4n) is 2.79. The summed E-state index contributed by atoms with van der Waals surface area (Å²) in [7, 11) is 0.